The first-order valence-corrected chi connectivity index (χ1v) is 8.84. The molecule has 2 aromatic carbocycles. The molecule has 2 amide bonds. The highest BCUT2D eigenvalue weighted by molar-refractivity contribution is 8.26. The molecule has 0 aliphatic carbocycles. The van der Waals surface area contributed by atoms with E-state index in [0.717, 1.165) is 22.8 Å². The summed E-state index contributed by atoms with van der Waals surface area (Å²) in [6.07, 6.45) is 1.38. The second-order valence-electron chi connectivity index (χ2n) is 5.51. The fourth-order valence-corrected chi connectivity index (χ4v) is 3.43. The van der Waals surface area contributed by atoms with Crippen molar-refractivity contribution in [2.45, 2.75) is 0 Å². The largest absolute Gasteiger partial charge is 0.508 e. The molecule has 11 heteroatoms. The minimum atomic E-state index is -0.667. The van der Waals surface area contributed by atoms with Crippen LogP contribution in [-0.2, 0) is 4.79 Å². The van der Waals surface area contributed by atoms with Crippen LogP contribution in [0.25, 0.3) is 6.08 Å². The standard InChI is InChI=1S/C17H11N3O6S2/c21-12-6-3-10(13(22)8-12)7-14-16(24)19(17(27)28-14)18-15(23)9-1-4-11(5-2-9)20(25)26/h1-8,21-22H,(H,18,23)/b14-7+. The molecule has 0 spiro atoms. The van der Waals surface area contributed by atoms with Gasteiger partial charge in [-0.25, -0.2) is 0 Å². The maximum absolute atomic E-state index is 12.5. The van der Waals surface area contributed by atoms with Crippen LogP contribution in [0.4, 0.5) is 5.69 Å². The topological polar surface area (TPSA) is 133 Å². The fourth-order valence-electron chi connectivity index (χ4n) is 2.26. The molecule has 0 bridgehead atoms. The van der Waals surface area contributed by atoms with E-state index in [0.29, 0.717) is 5.56 Å². The SMILES string of the molecule is O=C(NN1C(=O)/C(=C\c2ccc(O)cc2O)SC1=S)c1ccc([N+](=O)[O-])cc1. The second kappa shape index (κ2) is 7.66. The number of benzene rings is 2. The summed E-state index contributed by atoms with van der Waals surface area (Å²) < 4.78 is 0.0739. The Morgan fingerprint density at radius 1 is 1.21 bits per heavy atom. The highest BCUT2D eigenvalue weighted by Crippen LogP contribution is 2.34. The number of hydrazine groups is 1. The third kappa shape index (κ3) is 3.94. The molecule has 3 rings (SSSR count). The van der Waals surface area contributed by atoms with Gasteiger partial charge in [-0.1, -0.05) is 11.8 Å². The molecule has 1 saturated heterocycles. The van der Waals surface area contributed by atoms with E-state index in [-0.39, 0.29) is 32.0 Å². The van der Waals surface area contributed by atoms with E-state index >= 15 is 0 Å². The summed E-state index contributed by atoms with van der Waals surface area (Å²) in [7, 11) is 0. The van der Waals surface area contributed by atoms with Gasteiger partial charge in [-0.3, -0.25) is 25.1 Å². The number of carbonyl (C=O) groups excluding carboxylic acids is 2. The van der Waals surface area contributed by atoms with Crippen molar-refractivity contribution in [2.24, 2.45) is 0 Å². The Hall–Kier alpha value is -3.44. The molecule has 28 heavy (non-hydrogen) atoms. The fraction of sp³-hybridized carbons (Fsp3) is 0. The van der Waals surface area contributed by atoms with Gasteiger partial charge in [0.25, 0.3) is 17.5 Å². The first-order chi connectivity index (χ1) is 13.3. The second-order valence-corrected chi connectivity index (χ2v) is 7.18. The van der Waals surface area contributed by atoms with E-state index in [1.165, 1.54) is 42.5 Å². The van der Waals surface area contributed by atoms with Crippen LogP contribution in [0.5, 0.6) is 11.5 Å². The van der Waals surface area contributed by atoms with Crippen molar-refractivity contribution in [3.63, 3.8) is 0 Å². The van der Waals surface area contributed by atoms with E-state index in [1.807, 2.05) is 0 Å². The van der Waals surface area contributed by atoms with Gasteiger partial charge in [0.05, 0.1) is 9.83 Å². The number of nitrogens with one attached hydrogen (secondary N) is 1. The van der Waals surface area contributed by atoms with Crippen LogP contribution >= 0.6 is 24.0 Å². The monoisotopic (exact) mass is 417 g/mol. The number of phenols is 2. The number of nitro benzene ring substituents is 1. The first kappa shape index (κ1) is 19.3. The molecule has 142 valence electrons. The summed E-state index contributed by atoms with van der Waals surface area (Å²) in [5.74, 6) is -1.62. The van der Waals surface area contributed by atoms with Gasteiger partial charge >= 0.3 is 0 Å². The number of phenolic OH excluding ortho intramolecular Hbond substituents is 2. The van der Waals surface area contributed by atoms with Crippen molar-refractivity contribution in [1.29, 1.82) is 0 Å². The van der Waals surface area contributed by atoms with Crippen molar-refractivity contribution in [3.8, 4) is 11.5 Å². The number of nitrogens with zero attached hydrogens (tertiary/aromatic N) is 2. The lowest BCUT2D eigenvalue weighted by molar-refractivity contribution is -0.384. The van der Waals surface area contributed by atoms with Gasteiger partial charge in [0.1, 0.15) is 11.5 Å². The Labute approximate surface area is 167 Å². The number of amides is 2. The van der Waals surface area contributed by atoms with Gasteiger partial charge in [-0.15, -0.1) is 0 Å². The first-order valence-electron chi connectivity index (χ1n) is 7.61. The molecule has 0 atom stereocenters. The average Bonchev–Trinajstić information content (AvgIpc) is 2.91. The number of carbonyl (C=O) groups is 2. The van der Waals surface area contributed by atoms with E-state index in [4.69, 9.17) is 12.2 Å². The highest BCUT2D eigenvalue weighted by Gasteiger charge is 2.34. The molecular weight excluding hydrogens is 406 g/mol. The predicted octanol–water partition coefficient (Wildman–Crippen LogP) is 2.55. The van der Waals surface area contributed by atoms with E-state index in [1.54, 1.807) is 0 Å². The number of non-ortho nitro benzene ring substituents is 1. The molecular formula is C17H11N3O6S2. The maximum Gasteiger partial charge on any atom is 0.285 e. The maximum atomic E-state index is 12.5. The predicted molar refractivity (Wildman–Crippen MR) is 105 cm³/mol. The number of nitro groups is 1. The van der Waals surface area contributed by atoms with Crippen LogP contribution in [0, 0.1) is 10.1 Å². The molecule has 0 aromatic heterocycles. The third-order valence-corrected chi connectivity index (χ3v) is 4.95. The van der Waals surface area contributed by atoms with Crippen LogP contribution < -0.4 is 5.43 Å². The van der Waals surface area contributed by atoms with E-state index < -0.39 is 16.7 Å². The summed E-state index contributed by atoms with van der Waals surface area (Å²) in [5, 5.41) is 30.7. The van der Waals surface area contributed by atoms with Crippen molar-refractivity contribution >= 4 is 51.9 Å². The van der Waals surface area contributed by atoms with E-state index in [2.05, 4.69) is 5.43 Å². The average molecular weight is 417 g/mol. The normalized spacial score (nSPS) is 15.1. The summed E-state index contributed by atoms with van der Waals surface area (Å²) in [6.45, 7) is 0. The van der Waals surface area contributed by atoms with Crippen molar-refractivity contribution in [2.75, 3.05) is 0 Å². The zero-order chi connectivity index (χ0) is 20.4. The number of aromatic hydroxyl groups is 2. The zero-order valence-electron chi connectivity index (χ0n) is 13.9. The number of hydrogen-bond donors (Lipinski definition) is 3. The van der Waals surface area contributed by atoms with Gasteiger partial charge in [-0.05, 0) is 42.6 Å². The molecule has 0 radical (unpaired) electrons. The smallest absolute Gasteiger partial charge is 0.285 e. The summed E-state index contributed by atoms with van der Waals surface area (Å²) in [5.41, 5.74) is 2.59. The lowest BCUT2D eigenvalue weighted by atomic mass is 10.1. The summed E-state index contributed by atoms with van der Waals surface area (Å²) in [4.78, 5) is 35.1. The molecule has 0 unspecified atom stereocenters. The molecule has 0 saturated carbocycles. The van der Waals surface area contributed by atoms with Crippen LogP contribution in [0.3, 0.4) is 0 Å². The number of rotatable bonds is 4. The van der Waals surface area contributed by atoms with Crippen molar-refractivity contribution < 1.29 is 24.7 Å². The minimum Gasteiger partial charge on any atom is -0.508 e. The van der Waals surface area contributed by atoms with Gasteiger partial charge in [0.15, 0.2) is 4.32 Å². The van der Waals surface area contributed by atoms with Gasteiger partial charge in [0, 0.05) is 29.3 Å². The highest BCUT2D eigenvalue weighted by atomic mass is 32.2. The zero-order valence-corrected chi connectivity index (χ0v) is 15.5. The molecule has 1 heterocycles. The quantitative estimate of drug-likeness (QED) is 0.299. The number of thiocarbonyl (C=S) groups is 1. The lowest BCUT2D eigenvalue weighted by Gasteiger charge is -2.15. The van der Waals surface area contributed by atoms with Crippen LogP contribution in [0.15, 0.2) is 47.4 Å². The Bertz CT molecular complexity index is 1040. The Balaban J connectivity index is 1.77. The molecule has 1 fully saturated rings. The lowest BCUT2D eigenvalue weighted by Crippen LogP contribution is -2.44. The van der Waals surface area contributed by atoms with Gasteiger partial charge in [-0.2, -0.15) is 5.01 Å². The van der Waals surface area contributed by atoms with Crippen LogP contribution in [0.1, 0.15) is 15.9 Å². The van der Waals surface area contributed by atoms with Crippen LogP contribution in [0.2, 0.25) is 0 Å². The van der Waals surface area contributed by atoms with Gasteiger partial charge in [0.2, 0.25) is 0 Å². The number of hydrogen-bond acceptors (Lipinski definition) is 8. The molecule has 9 nitrogen and oxygen atoms in total. The summed E-state index contributed by atoms with van der Waals surface area (Å²) in [6, 6.07) is 8.77. The van der Waals surface area contributed by atoms with Gasteiger partial charge < -0.3 is 10.2 Å². The van der Waals surface area contributed by atoms with Crippen LogP contribution in [-0.4, -0.2) is 36.3 Å². The molecule has 1 aliphatic heterocycles. The molecule has 2 aromatic rings. The van der Waals surface area contributed by atoms with Crippen molar-refractivity contribution in [3.05, 3.63) is 68.6 Å². The molecule has 1 aliphatic rings. The minimum absolute atomic E-state index is 0.0739. The Kier molecular flexibility index (Phi) is 5.29. The third-order valence-electron chi connectivity index (χ3n) is 3.65. The van der Waals surface area contributed by atoms with Crippen molar-refractivity contribution in [1.82, 2.24) is 10.4 Å². The Morgan fingerprint density at radius 2 is 1.89 bits per heavy atom. The molecule has 3 N–H and O–H groups in total. The van der Waals surface area contributed by atoms with E-state index in [9.17, 15) is 29.9 Å². The Morgan fingerprint density at radius 3 is 2.50 bits per heavy atom. The number of thioether (sulfide) groups is 1. The summed E-state index contributed by atoms with van der Waals surface area (Å²) >= 11 is 6.03.